The monoisotopic (exact) mass is 661 g/mol. The summed E-state index contributed by atoms with van der Waals surface area (Å²) in [5.74, 6) is -0.796. The predicted molar refractivity (Wildman–Crippen MR) is 161 cm³/mol. The molecule has 2 atom stereocenters. The predicted octanol–water partition coefficient (Wildman–Crippen LogP) is 3.63. The van der Waals surface area contributed by atoms with Gasteiger partial charge < -0.3 is 0 Å². The van der Waals surface area contributed by atoms with E-state index in [9.17, 15) is 27.5 Å². The summed E-state index contributed by atoms with van der Waals surface area (Å²) in [5.41, 5.74) is 1.51. The van der Waals surface area contributed by atoms with Gasteiger partial charge in [0.25, 0.3) is 0 Å². The molecule has 2 amide bonds. The molecule has 0 radical (unpaired) electrons. The van der Waals surface area contributed by atoms with Crippen LogP contribution in [0.3, 0.4) is 0 Å². The Labute approximate surface area is 250 Å². The summed E-state index contributed by atoms with van der Waals surface area (Å²) in [4.78, 5) is 29.1. The third kappa shape index (κ3) is 10.5. The molecule has 0 aliphatic carbocycles. The van der Waals surface area contributed by atoms with Crippen molar-refractivity contribution in [3.63, 3.8) is 0 Å². The van der Waals surface area contributed by atoms with Crippen LogP contribution in [0.1, 0.15) is 47.4 Å². The van der Waals surface area contributed by atoms with Crippen LogP contribution in [0.2, 0.25) is 5.21 Å². The van der Waals surface area contributed by atoms with E-state index in [-0.39, 0.29) is 31.3 Å². The zero-order valence-corrected chi connectivity index (χ0v) is 26.7. The van der Waals surface area contributed by atoms with Crippen molar-refractivity contribution >= 4 is 38.1 Å². The van der Waals surface area contributed by atoms with E-state index in [2.05, 4.69) is 15.6 Å². The van der Waals surface area contributed by atoms with E-state index in [0.717, 1.165) is 11.1 Å². The van der Waals surface area contributed by atoms with Crippen LogP contribution in [-0.2, 0) is 32.3 Å². The molecule has 12 heteroatoms. The summed E-state index contributed by atoms with van der Waals surface area (Å²) in [7, 11) is -3.38. The first kappa shape index (κ1) is 33.2. The molecule has 226 valence electrons. The number of ether oxygens (including phenoxy) is 1. The Balaban J connectivity index is 1.80. The van der Waals surface area contributed by atoms with Crippen LogP contribution < -0.4 is 15.1 Å². The van der Waals surface area contributed by atoms with E-state index in [4.69, 9.17) is 4.74 Å². The van der Waals surface area contributed by atoms with Crippen LogP contribution >= 0.6 is 0 Å². The van der Waals surface area contributed by atoms with Gasteiger partial charge in [-0.25, -0.2) is 0 Å². The molecule has 1 aromatic heterocycles. The molecule has 3 rings (SSSR count). The molecule has 0 fully saturated rings. The number of carbonyl (C=O) groups excluding carboxylic acids is 1. The number of rotatable bonds is 15. The van der Waals surface area contributed by atoms with E-state index in [1.54, 1.807) is 31.2 Å². The fraction of sp³-hybridized carbons (Fsp3) is 0.367. The molecule has 1 heterocycles. The number of hydrogen-bond acceptors (Lipinski definition) is 6. The zero-order chi connectivity index (χ0) is 30.8. The summed E-state index contributed by atoms with van der Waals surface area (Å²) in [5, 5.41) is 15.3. The van der Waals surface area contributed by atoms with Crippen molar-refractivity contribution in [2.45, 2.75) is 50.5 Å². The number of nitrogens with one attached hydrogen (secondary N) is 2. The second-order valence-corrected chi connectivity index (χ2v) is 21.8. The van der Waals surface area contributed by atoms with Crippen molar-refractivity contribution in [3.8, 4) is 0 Å². The summed E-state index contributed by atoms with van der Waals surface area (Å²) in [6.07, 6.45) is 1.57. The number of pyridine rings is 1. The van der Waals surface area contributed by atoms with Gasteiger partial charge in [-0.3, -0.25) is 0 Å². The van der Waals surface area contributed by atoms with Crippen molar-refractivity contribution in [2.75, 3.05) is 19.4 Å². The van der Waals surface area contributed by atoms with Gasteiger partial charge in [0.05, 0.1) is 0 Å². The molecule has 42 heavy (non-hydrogen) atoms. The van der Waals surface area contributed by atoms with Crippen molar-refractivity contribution in [3.05, 3.63) is 94.9 Å². The molecule has 0 saturated heterocycles. The third-order valence-corrected chi connectivity index (χ3v) is 17.4. The number of benzene rings is 2. The van der Waals surface area contributed by atoms with Gasteiger partial charge >= 0.3 is 251 Å². The Morgan fingerprint density at radius 1 is 1.05 bits per heavy atom. The van der Waals surface area contributed by atoms with Crippen LogP contribution in [0.25, 0.3) is 0 Å². The van der Waals surface area contributed by atoms with Gasteiger partial charge in [-0.05, 0) is 0 Å². The van der Waals surface area contributed by atoms with E-state index >= 15 is 0 Å². The zero-order valence-electron chi connectivity index (χ0n) is 24.0. The second-order valence-electron chi connectivity index (χ2n) is 10.3. The first-order valence-electron chi connectivity index (χ1n) is 13.5. The van der Waals surface area contributed by atoms with Crippen molar-refractivity contribution in [2.24, 2.45) is 0 Å². The van der Waals surface area contributed by atoms with Gasteiger partial charge in [-0.15, -0.1) is 0 Å². The average molecular weight is 662 g/mol. The summed E-state index contributed by atoms with van der Waals surface area (Å²) in [6.45, 7) is 4.00. The van der Waals surface area contributed by atoms with E-state index in [1.807, 2.05) is 37.3 Å². The van der Waals surface area contributed by atoms with Crippen molar-refractivity contribution in [1.29, 1.82) is 0 Å². The first-order chi connectivity index (χ1) is 19.9. The van der Waals surface area contributed by atoms with Gasteiger partial charge in [0.1, 0.15) is 0 Å². The second kappa shape index (κ2) is 15.3. The van der Waals surface area contributed by atoms with Crippen molar-refractivity contribution in [1.82, 2.24) is 15.6 Å². The van der Waals surface area contributed by atoms with Gasteiger partial charge in [0.2, 0.25) is 0 Å². The number of carbonyl (C=O) groups is 2. The molecule has 0 bridgehead atoms. The molecule has 0 saturated carbocycles. The molecular formula is C30H37AsFN3O6S. The Hall–Kier alpha value is -3.27. The summed E-state index contributed by atoms with van der Waals surface area (Å²) < 4.78 is 44.9. The Morgan fingerprint density at radius 3 is 2.36 bits per heavy atom. The Morgan fingerprint density at radius 2 is 1.74 bits per heavy atom. The Bertz CT molecular complexity index is 1460. The van der Waals surface area contributed by atoms with Crippen molar-refractivity contribution < 1.29 is 32.2 Å². The minimum atomic E-state index is -3.38. The van der Waals surface area contributed by atoms with Gasteiger partial charge in [-0.1, -0.05) is 0 Å². The maximum atomic E-state index is 13.2. The van der Waals surface area contributed by atoms with Crippen LogP contribution in [0.15, 0.2) is 66.7 Å². The number of halogens is 1. The van der Waals surface area contributed by atoms with E-state index < -0.39 is 39.1 Å². The molecule has 9 nitrogen and oxygen atoms in total. The number of carboxylic acid groups (broad SMARTS) is 1. The normalized spacial score (nSPS) is 13.6. The maximum absolute atomic E-state index is 13.2. The van der Waals surface area contributed by atoms with Crippen LogP contribution in [0, 0.1) is 5.82 Å². The number of amides is 2. The van der Waals surface area contributed by atoms with Crippen LogP contribution in [0.5, 0.6) is 0 Å². The van der Waals surface area contributed by atoms with E-state index in [0.29, 0.717) is 34.5 Å². The average Bonchev–Trinajstić information content (AvgIpc) is 2.92. The quantitative estimate of drug-likeness (QED) is 0.212. The number of aromatic nitrogens is 1. The fourth-order valence-corrected chi connectivity index (χ4v) is 13.2. The van der Waals surface area contributed by atoms with Crippen LogP contribution in [0.4, 0.5) is 9.18 Å². The fourth-order valence-electron chi connectivity index (χ4n) is 4.44. The Kier molecular flexibility index (Phi) is 12.1. The number of nitrogens with zero attached hydrogens (tertiary/aromatic N) is 1. The van der Waals surface area contributed by atoms with Gasteiger partial charge in [-0.2, -0.15) is 0 Å². The summed E-state index contributed by atoms with van der Waals surface area (Å²) in [6, 6.07) is 18.7. The summed E-state index contributed by atoms with van der Waals surface area (Å²) >= 11 is -2.68. The molecular weight excluding hydrogens is 624 g/mol. The van der Waals surface area contributed by atoms with Gasteiger partial charge in [0.15, 0.2) is 0 Å². The minimum absolute atomic E-state index is 0.0230. The molecule has 0 spiro atoms. The molecule has 0 aliphatic heterocycles. The molecule has 3 aromatic rings. The SMILES string of the molecule is CCC[As](c1cc(COCC(C)(Cc2ccccc2)NC(=O)O)cc(C(=O)NCCc2ccc(F)cc2)n1)S(C)(=O)=O. The van der Waals surface area contributed by atoms with Crippen LogP contribution in [-0.4, -0.2) is 69.0 Å². The topological polar surface area (TPSA) is 135 Å². The third-order valence-electron chi connectivity index (χ3n) is 6.33. The first-order valence-corrected chi connectivity index (χ1v) is 19.9. The number of hydrogen-bond donors (Lipinski definition) is 3. The molecule has 3 N–H and O–H groups in total. The molecule has 2 aromatic carbocycles. The van der Waals surface area contributed by atoms with E-state index in [1.165, 1.54) is 18.4 Å². The standard InChI is InChI=1S/C30H37AsFN3O6S/c1-4-15-31(42(3,39)40)27-18-24(17-26(34-27)28(36)33-16-14-22-10-12-25(32)13-11-22)20-41-21-30(2,35-29(37)38)19-23-8-6-5-7-9-23/h5-13,17-18,35H,4,14-16,19-21H2,1-3H3,(H,33,36)(H,37,38). The molecule has 2 unspecified atom stereocenters. The van der Waals surface area contributed by atoms with Gasteiger partial charge in [0, 0.05) is 0 Å². The molecule has 0 aliphatic rings.